The van der Waals surface area contributed by atoms with E-state index in [1.54, 1.807) is 36.1 Å². The monoisotopic (exact) mass is 425 g/mol. The summed E-state index contributed by atoms with van der Waals surface area (Å²) in [6.45, 7) is 1.74. The lowest BCUT2D eigenvalue weighted by Gasteiger charge is -2.40. The number of halogens is 3. The molecule has 26 heavy (non-hydrogen) atoms. The van der Waals surface area contributed by atoms with Crippen LogP contribution < -0.4 is 16.0 Å². The number of nitrogens with two attached hydrogens (primary N) is 1. The van der Waals surface area contributed by atoms with Gasteiger partial charge in [0, 0.05) is 15.7 Å². The van der Waals surface area contributed by atoms with E-state index in [0.29, 0.717) is 42.7 Å². The number of nitrogens with zero attached hydrogens (tertiary/aromatic N) is 1. The van der Waals surface area contributed by atoms with Crippen molar-refractivity contribution in [2.75, 3.05) is 4.90 Å². The molecule has 3 N–H and O–H groups in total. The summed E-state index contributed by atoms with van der Waals surface area (Å²) in [6.07, 6.45) is 0. The number of primary amides is 1. The molecule has 4 nitrogen and oxygen atoms in total. The molecule has 3 rings (SSSR count). The average Bonchev–Trinajstić information content (AvgIpc) is 2.55. The van der Waals surface area contributed by atoms with Crippen LogP contribution in [0.5, 0.6) is 0 Å². The molecule has 1 aliphatic heterocycles. The molecule has 1 heterocycles. The quantitative estimate of drug-likeness (QED) is 0.689. The van der Waals surface area contributed by atoms with Crippen molar-refractivity contribution in [2.45, 2.75) is 13.0 Å². The van der Waals surface area contributed by atoms with Gasteiger partial charge < -0.3 is 16.0 Å². The number of carbonyl (C=O) groups excluding carboxylic acids is 1. The third-order valence-corrected chi connectivity index (χ3v) is 5.26. The van der Waals surface area contributed by atoms with Crippen LogP contribution >= 0.6 is 47.0 Å². The van der Waals surface area contributed by atoms with Crippen LogP contribution in [0, 0.1) is 0 Å². The van der Waals surface area contributed by atoms with Crippen molar-refractivity contribution in [3.63, 3.8) is 0 Å². The number of thiocarbonyl (C=S) groups is 1. The minimum absolute atomic E-state index is 0.350. The highest BCUT2D eigenvalue weighted by atomic mass is 35.5. The molecule has 0 radical (unpaired) electrons. The molecule has 0 saturated heterocycles. The first-order chi connectivity index (χ1) is 12.3. The lowest BCUT2D eigenvalue weighted by Crippen LogP contribution is -2.49. The zero-order valence-corrected chi connectivity index (χ0v) is 16.7. The highest BCUT2D eigenvalue weighted by Gasteiger charge is 2.37. The molecular weight excluding hydrogens is 413 g/mol. The maximum absolute atomic E-state index is 12.2. The van der Waals surface area contributed by atoms with Gasteiger partial charge in [0.05, 0.1) is 22.3 Å². The molecule has 0 bridgehead atoms. The highest BCUT2D eigenvalue weighted by Crippen LogP contribution is 2.42. The summed E-state index contributed by atoms with van der Waals surface area (Å²) in [6, 6.07) is 11.6. The van der Waals surface area contributed by atoms with Gasteiger partial charge in [-0.25, -0.2) is 0 Å². The molecule has 0 aliphatic carbocycles. The van der Waals surface area contributed by atoms with E-state index in [0.717, 1.165) is 0 Å². The predicted octanol–water partition coefficient (Wildman–Crippen LogP) is 4.84. The lowest BCUT2D eigenvalue weighted by atomic mass is 9.93. The fourth-order valence-corrected chi connectivity index (χ4v) is 4.07. The first-order valence-corrected chi connectivity index (χ1v) is 9.15. The number of amides is 1. The standard InChI is InChI=1S/C18H14Cl3N3OS/c1-9-15(17(22)25)16(11-7-6-10(19)8-13(11)21)24(18(26)23-9)14-5-3-2-4-12(14)20/h2-8,16H,1H3,(H2,22,25)(H,23,26). The van der Waals surface area contributed by atoms with Crippen LogP contribution in [0.2, 0.25) is 15.1 Å². The largest absolute Gasteiger partial charge is 0.366 e. The Morgan fingerprint density at radius 2 is 1.85 bits per heavy atom. The number of carbonyl (C=O) groups is 1. The Bertz CT molecular complexity index is 945. The summed E-state index contributed by atoms with van der Waals surface area (Å²) in [5.41, 5.74) is 7.88. The average molecular weight is 427 g/mol. The second-order valence-corrected chi connectivity index (χ2v) is 7.36. The molecule has 0 aromatic heterocycles. The third kappa shape index (κ3) is 3.40. The molecule has 1 amide bonds. The highest BCUT2D eigenvalue weighted by molar-refractivity contribution is 7.80. The molecule has 0 fully saturated rings. The number of rotatable bonds is 3. The van der Waals surface area contributed by atoms with Gasteiger partial charge in [0.2, 0.25) is 5.91 Å². The SMILES string of the molecule is CC1=C(C(N)=O)C(c2ccc(Cl)cc2Cl)N(c2ccccc2Cl)C(=S)N1. The number of anilines is 1. The van der Waals surface area contributed by atoms with E-state index in [9.17, 15) is 4.79 Å². The Kier molecular flexibility index (Phi) is 5.44. The van der Waals surface area contributed by atoms with Crippen molar-refractivity contribution >= 4 is 63.7 Å². The zero-order chi connectivity index (χ0) is 19.0. The van der Waals surface area contributed by atoms with Crippen LogP contribution in [-0.4, -0.2) is 11.0 Å². The molecular formula is C18H14Cl3N3OS. The maximum atomic E-state index is 12.2. The van der Waals surface area contributed by atoms with Crippen LogP contribution in [0.15, 0.2) is 53.7 Å². The fraction of sp³-hybridized carbons (Fsp3) is 0.111. The lowest BCUT2D eigenvalue weighted by molar-refractivity contribution is -0.114. The smallest absolute Gasteiger partial charge is 0.248 e. The summed E-state index contributed by atoms with van der Waals surface area (Å²) >= 11 is 24.4. The molecule has 1 unspecified atom stereocenters. The van der Waals surface area contributed by atoms with E-state index in [1.807, 2.05) is 18.2 Å². The minimum Gasteiger partial charge on any atom is -0.366 e. The normalized spacial score (nSPS) is 17.3. The molecule has 134 valence electrons. The number of para-hydroxylation sites is 1. The van der Waals surface area contributed by atoms with Gasteiger partial charge >= 0.3 is 0 Å². The maximum Gasteiger partial charge on any atom is 0.248 e. The number of allylic oxidation sites excluding steroid dienone is 1. The van der Waals surface area contributed by atoms with Crippen LogP contribution in [-0.2, 0) is 4.79 Å². The van der Waals surface area contributed by atoms with Gasteiger partial charge in [0.1, 0.15) is 0 Å². The number of nitrogens with one attached hydrogen (secondary N) is 1. The van der Waals surface area contributed by atoms with E-state index < -0.39 is 11.9 Å². The number of hydrogen-bond donors (Lipinski definition) is 2. The van der Waals surface area contributed by atoms with Gasteiger partial charge in [-0.15, -0.1) is 0 Å². The van der Waals surface area contributed by atoms with Crippen molar-refractivity contribution in [1.82, 2.24) is 5.32 Å². The van der Waals surface area contributed by atoms with Crippen molar-refractivity contribution in [1.29, 1.82) is 0 Å². The van der Waals surface area contributed by atoms with Gasteiger partial charge in [0.25, 0.3) is 0 Å². The van der Waals surface area contributed by atoms with Gasteiger partial charge in [-0.3, -0.25) is 4.79 Å². The van der Waals surface area contributed by atoms with Crippen molar-refractivity contribution in [3.05, 3.63) is 74.4 Å². The van der Waals surface area contributed by atoms with Crippen molar-refractivity contribution in [2.24, 2.45) is 5.73 Å². The summed E-state index contributed by atoms with van der Waals surface area (Å²) < 4.78 is 0. The van der Waals surface area contributed by atoms with E-state index in [1.165, 1.54) is 0 Å². The topological polar surface area (TPSA) is 58.4 Å². The van der Waals surface area contributed by atoms with Gasteiger partial charge in [0.15, 0.2) is 5.11 Å². The molecule has 2 aromatic rings. The van der Waals surface area contributed by atoms with Crippen LogP contribution in [0.1, 0.15) is 18.5 Å². The third-order valence-electron chi connectivity index (χ3n) is 4.08. The second-order valence-electron chi connectivity index (χ2n) is 5.72. The van der Waals surface area contributed by atoms with Crippen LogP contribution in [0.25, 0.3) is 0 Å². The molecule has 8 heteroatoms. The van der Waals surface area contributed by atoms with Gasteiger partial charge in [-0.2, -0.15) is 0 Å². The Hall–Kier alpha value is -1.79. The minimum atomic E-state index is -0.633. The van der Waals surface area contributed by atoms with E-state index in [4.69, 9.17) is 52.8 Å². The Morgan fingerprint density at radius 1 is 1.15 bits per heavy atom. The summed E-state index contributed by atoms with van der Waals surface area (Å²) in [5, 5.41) is 4.78. The van der Waals surface area contributed by atoms with Gasteiger partial charge in [-0.1, -0.05) is 53.0 Å². The molecule has 1 aliphatic rings. The number of hydrogen-bond acceptors (Lipinski definition) is 2. The van der Waals surface area contributed by atoms with E-state index in [-0.39, 0.29) is 0 Å². The van der Waals surface area contributed by atoms with Crippen molar-refractivity contribution in [3.8, 4) is 0 Å². The molecule has 1 atom stereocenters. The number of benzene rings is 2. The van der Waals surface area contributed by atoms with Crippen LogP contribution in [0.4, 0.5) is 5.69 Å². The first kappa shape index (κ1) is 19.0. The zero-order valence-electron chi connectivity index (χ0n) is 13.6. The predicted molar refractivity (Wildman–Crippen MR) is 111 cm³/mol. The Balaban J connectivity index is 2.29. The van der Waals surface area contributed by atoms with E-state index in [2.05, 4.69) is 5.32 Å². The second kappa shape index (κ2) is 7.45. The molecule has 2 aromatic carbocycles. The van der Waals surface area contributed by atoms with Crippen LogP contribution in [0.3, 0.4) is 0 Å². The summed E-state index contributed by atoms with van der Waals surface area (Å²) in [7, 11) is 0. The summed E-state index contributed by atoms with van der Waals surface area (Å²) in [4.78, 5) is 14.0. The summed E-state index contributed by atoms with van der Waals surface area (Å²) in [5.74, 6) is -0.578. The van der Waals surface area contributed by atoms with Gasteiger partial charge in [-0.05, 0) is 49.0 Å². The Labute approximate surface area is 171 Å². The fourth-order valence-electron chi connectivity index (χ4n) is 2.97. The van der Waals surface area contributed by atoms with Crippen molar-refractivity contribution < 1.29 is 4.79 Å². The molecule has 0 saturated carbocycles. The first-order valence-electron chi connectivity index (χ1n) is 7.61. The van der Waals surface area contributed by atoms with E-state index >= 15 is 0 Å². The molecule has 0 spiro atoms. The Morgan fingerprint density at radius 3 is 2.46 bits per heavy atom.